The normalized spacial score (nSPS) is 15.4. The Morgan fingerprint density at radius 2 is 1.93 bits per heavy atom. The van der Waals surface area contributed by atoms with Gasteiger partial charge in [0.25, 0.3) is 0 Å². The number of rotatable bonds is 6. The molecule has 0 amide bonds. The van der Waals surface area contributed by atoms with Gasteiger partial charge in [-0.05, 0) is 49.6 Å². The highest BCUT2D eigenvalue weighted by Gasteiger charge is 2.20. The topological polar surface area (TPSA) is 69.1 Å². The number of guanidine groups is 1. The molecule has 1 aliphatic heterocycles. The number of methoxy groups -OCH3 is 1. The Morgan fingerprint density at radius 3 is 2.57 bits per heavy atom. The van der Waals surface area contributed by atoms with E-state index in [-0.39, 0.29) is 5.75 Å². The molecule has 0 aliphatic carbocycles. The van der Waals surface area contributed by atoms with Crippen LogP contribution in [0.4, 0.5) is 5.69 Å². The molecule has 3 rings (SSSR count). The number of phenols is 1. The summed E-state index contributed by atoms with van der Waals surface area (Å²) in [5, 5.41) is 16.8. The van der Waals surface area contributed by atoms with E-state index in [0.29, 0.717) is 18.3 Å². The van der Waals surface area contributed by atoms with Crippen LogP contribution in [-0.2, 0) is 6.54 Å². The zero-order chi connectivity index (χ0) is 19.8. The largest absolute Gasteiger partial charge is 0.504 e. The van der Waals surface area contributed by atoms with Crippen LogP contribution in [0, 0.1) is 0 Å². The Hall–Kier alpha value is -2.89. The number of anilines is 1. The highest BCUT2D eigenvalue weighted by Crippen LogP contribution is 2.26. The predicted octanol–water partition coefficient (Wildman–Crippen LogP) is 3.12. The molecule has 0 radical (unpaired) electrons. The maximum Gasteiger partial charge on any atom is 0.191 e. The summed E-state index contributed by atoms with van der Waals surface area (Å²) < 4.78 is 5.09. The molecule has 1 fully saturated rings. The maximum absolute atomic E-state index is 9.93. The molecule has 3 N–H and O–H groups in total. The number of piperidine rings is 1. The van der Waals surface area contributed by atoms with E-state index in [0.717, 1.165) is 44.0 Å². The third-order valence-corrected chi connectivity index (χ3v) is 4.96. The van der Waals surface area contributed by atoms with E-state index >= 15 is 0 Å². The van der Waals surface area contributed by atoms with E-state index in [1.165, 1.54) is 5.69 Å². The fraction of sp³-hybridized carbons (Fsp3) is 0.409. The molecule has 150 valence electrons. The van der Waals surface area contributed by atoms with Crippen LogP contribution in [0.5, 0.6) is 11.5 Å². The van der Waals surface area contributed by atoms with E-state index in [4.69, 9.17) is 4.74 Å². The molecule has 0 aromatic heterocycles. The molecule has 0 bridgehead atoms. The second-order valence-corrected chi connectivity index (χ2v) is 6.94. The number of nitrogens with zero attached hydrogens (tertiary/aromatic N) is 2. The number of hydrogen-bond acceptors (Lipinski definition) is 4. The Morgan fingerprint density at radius 1 is 1.18 bits per heavy atom. The standard InChI is InChI=1S/C22H30N4O2/c1-3-23-22(24-16-17-9-10-21(28-2)20(27)15-17)25-18-11-13-26(14-12-18)19-7-5-4-6-8-19/h4-10,15,18,27H,3,11-14,16H2,1-2H3,(H2,23,24,25). The fourth-order valence-corrected chi connectivity index (χ4v) is 3.44. The Labute approximate surface area is 167 Å². The van der Waals surface area contributed by atoms with Gasteiger partial charge in [0.15, 0.2) is 17.5 Å². The zero-order valence-corrected chi connectivity index (χ0v) is 16.7. The molecule has 6 nitrogen and oxygen atoms in total. The fourth-order valence-electron chi connectivity index (χ4n) is 3.44. The summed E-state index contributed by atoms with van der Waals surface area (Å²) in [4.78, 5) is 7.11. The van der Waals surface area contributed by atoms with Crippen molar-refractivity contribution in [3.05, 3.63) is 54.1 Å². The van der Waals surface area contributed by atoms with Crippen LogP contribution in [-0.4, -0.2) is 43.9 Å². The minimum absolute atomic E-state index is 0.140. The first-order chi connectivity index (χ1) is 13.7. The molecule has 1 heterocycles. The first-order valence-electron chi connectivity index (χ1n) is 9.90. The second kappa shape index (κ2) is 9.88. The molecule has 1 saturated heterocycles. The van der Waals surface area contributed by atoms with Gasteiger partial charge in [-0.25, -0.2) is 4.99 Å². The third kappa shape index (κ3) is 5.31. The van der Waals surface area contributed by atoms with E-state index in [2.05, 4.69) is 57.8 Å². The second-order valence-electron chi connectivity index (χ2n) is 6.94. The average molecular weight is 383 g/mol. The summed E-state index contributed by atoms with van der Waals surface area (Å²) in [5.41, 5.74) is 2.23. The number of phenolic OH excluding ortho intramolecular Hbond substituents is 1. The number of benzene rings is 2. The van der Waals surface area contributed by atoms with Crippen molar-refractivity contribution < 1.29 is 9.84 Å². The van der Waals surface area contributed by atoms with Crippen LogP contribution >= 0.6 is 0 Å². The van der Waals surface area contributed by atoms with Crippen LogP contribution in [0.25, 0.3) is 0 Å². The van der Waals surface area contributed by atoms with Gasteiger partial charge in [-0.2, -0.15) is 0 Å². The Balaban J connectivity index is 1.56. The van der Waals surface area contributed by atoms with Crippen molar-refractivity contribution in [2.24, 2.45) is 4.99 Å². The number of ether oxygens (including phenoxy) is 1. The smallest absolute Gasteiger partial charge is 0.191 e. The summed E-state index contributed by atoms with van der Waals surface area (Å²) >= 11 is 0. The van der Waals surface area contributed by atoms with Crippen molar-refractivity contribution >= 4 is 11.6 Å². The lowest BCUT2D eigenvalue weighted by atomic mass is 10.0. The van der Waals surface area contributed by atoms with Gasteiger partial charge in [0.1, 0.15) is 0 Å². The summed E-state index contributed by atoms with van der Waals surface area (Å²) in [6, 6.07) is 16.4. The molecule has 0 atom stereocenters. The van der Waals surface area contributed by atoms with Gasteiger partial charge in [0.05, 0.1) is 13.7 Å². The van der Waals surface area contributed by atoms with E-state index < -0.39 is 0 Å². The lowest BCUT2D eigenvalue weighted by Crippen LogP contribution is -2.48. The van der Waals surface area contributed by atoms with Crippen molar-refractivity contribution in [2.45, 2.75) is 32.4 Å². The van der Waals surface area contributed by atoms with E-state index in [1.807, 2.05) is 6.07 Å². The van der Waals surface area contributed by atoms with Gasteiger partial charge in [-0.3, -0.25) is 0 Å². The van der Waals surface area contributed by atoms with Gasteiger partial charge in [0, 0.05) is 31.4 Å². The first kappa shape index (κ1) is 19.9. The Bertz CT molecular complexity index is 771. The first-order valence-corrected chi connectivity index (χ1v) is 9.90. The molecular formula is C22H30N4O2. The van der Waals surface area contributed by atoms with Crippen molar-refractivity contribution in [1.29, 1.82) is 0 Å². The Kier molecular flexibility index (Phi) is 7.00. The van der Waals surface area contributed by atoms with Gasteiger partial charge in [-0.1, -0.05) is 24.3 Å². The molecule has 2 aromatic carbocycles. The lowest BCUT2D eigenvalue weighted by molar-refractivity contribution is 0.373. The molecule has 2 aromatic rings. The number of aliphatic imine (C=N–C) groups is 1. The summed E-state index contributed by atoms with van der Waals surface area (Å²) in [7, 11) is 1.54. The van der Waals surface area contributed by atoms with Gasteiger partial charge in [0.2, 0.25) is 0 Å². The third-order valence-electron chi connectivity index (χ3n) is 4.96. The monoisotopic (exact) mass is 382 g/mol. The molecule has 0 spiro atoms. The van der Waals surface area contributed by atoms with E-state index in [1.54, 1.807) is 19.2 Å². The predicted molar refractivity (Wildman–Crippen MR) is 114 cm³/mol. The van der Waals surface area contributed by atoms with Crippen molar-refractivity contribution in [1.82, 2.24) is 10.6 Å². The van der Waals surface area contributed by atoms with Crippen molar-refractivity contribution in [3.63, 3.8) is 0 Å². The van der Waals surface area contributed by atoms with Crippen molar-refractivity contribution in [3.8, 4) is 11.5 Å². The minimum Gasteiger partial charge on any atom is -0.504 e. The van der Waals surface area contributed by atoms with Crippen LogP contribution in [0.1, 0.15) is 25.3 Å². The number of hydrogen-bond donors (Lipinski definition) is 3. The average Bonchev–Trinajstić information content (AvgIpc) is 2.73. The van der Waals surface area contributed by atoms with E-state index in [9.17, 15) is 5.11 Å². The summed E-state index contributed by atoms with van der Waals surface area (Å²) in [5.74, 6) is 1.43. The minimum atomic E-state index is 0.140. The van der Waals surface area contributed by atoms with Gasteiger partial charge in [-0.15, -0.1) is 0 Å². The van der Waals surface area contributed by atoms with Crippen molar-refractivity contribution in [2.75, 3.05) is 31.6 Å². The number of para-hydroxylation sites is 1. The summed E-state index contributed by atoms with van der Waals surface area (Å²) in [6.45, 7) is 5.44. The highest BCUT2D eigenvalue weighted by molar-refractivity contribution is 5.80. The molecule has 0 saturated carbocycles. The lowest BCUT2D eigenvalue weighted by Gasteiger charge is -2.34. The van der Waals surface area contributed by atoms with Crippen LogP contribution < -0.4 is 20.3 Å². The SMILES string of the molecule is CCNC(=NCc1ccc(OC)c(O)c1)NC1CCN(c2ccccc2)CC1. The quantitative estimate of drug-likeness (QED) is 0.529. The van der Waals surface area contributed by atoms with Gasteiger partial charge < -0.3 is 25.4 Å². The molecular weight excluding hydrogens is 352 g/mol. The van der Waals surface area contributed by atoms with Gasteiger partial charge >= 0.3 is 0 Å². The molecule has 0 unspecified atom stereocenters. The molecule has 28 heavy (non-hydrogen) atoms. The number of aromatic hydroxyl groups is 1. The van der Waals surface area contributed by atoms with Crippen LogP contribution in [0.2, 0.25) is 0 Å². The highest BCUT2D eigenvalue weighted by atomic mass is 16.5. The maximum atomic E-state index is 9.93. The molecule has 1 aliphatic rings. The van der Waals surface area contributed by atoms with Crippen LogP contribution in [0.15, 0.2) is 53.5 Å². The zero-order valence-electron chi connectivity index (χ0n) is 16.7. The number of nitrogens with one attached hydrogen (secondary N) is 2. The summed E-state index contributed by atoms with van der Waals surface area (Å²) in [6.07, 6.45) is 2.14. The molecule has 6 heteroatoms. The van der Waals surface area contributed by atoms with Crippen LogP contribution in [0.3, 0.4) is 0 Å².